The lowest BCUT2D eigenvalue weighted by Crippen LogP contribution is -2.27. The topological polar surface area (TPSA) is 53.8 Å². The molecule has 1 aromatic rings. The molecule has 1 rings (SSSR count). The first kappa shape index (κ1) is 10.3. The summed E-state index contributed by atoms with van der Waals surface area (Å²) in [6.45, 7) is 4.94. The average Bonchev–Trinajstić information content (AvgIpc) is 2.64. The highest BCUT2D eigenvalue weighted by molar-refractivity contribution is 5.03. The third kappa shape index (κ3) is 4.10. The second-order valence-electron chi connectivity index (χ2n) is 3.49. The number of rotatable bonds is 6. The van der Waals surface area contributed by atoms with Crippen LogP contribution in [-0.2, 0) is 6.42 Å². The third-order valence-corrected chi connectivity index (χ3v) is 2.13. The molecule has 74 valence electrons. The second-order valence-corrected chi connectivity index (χ2v) is 3.49. The van der Waals surface area contributed by atoms with Gasteiger partial charge < -0.3 is 16.0 Å². The normalized spacial score (nSPS) is 13.1. The van der Waals surface area contributed by atoms with Crippen LogP contribution >= 0.6 is 0 Å². The van der Waals surface area contributed by atoms with Crippen LogP contribution in [0.5, 0.6) is 0 Å². The minimum absolute atomic E-state index is 0.573. The molecule has 0 aromatic carbocycles. The van der Waals surface area contributed by atoms with Gasteiger partial charge in [0.1, 0.15) is 0 Å². The average molecular weight is 181 g/mol. The van der Waals surface area contributed by atoms with E-state index in [-0.39, 0.29) is 0 Å². The minimum atomic E-state index is 0.573. The molecule has 0 spiro atoms. The Kier molecular flexibility index (Phi) is 4.57. The number of aromatic amines is 1. The zero-order valence-corrected chi connectivity index (χ0v) is 8.22. The van der Waals surface area contributed by atoms with Gasteiger partial charge in [0.25, 0.3) is 0 Å². The van der Waals surface area contributed by atoms with E-state index in [9.17, 15) is 0 Å². The standard InChI is InChI=1S/C10H19N3/c1-9(7-11)8-12-6-4-10-3-2-5-13-10/h2-3,5,9,12-13H,4,6-8,11H2,1H3. The monoisotopic (exact) mass is 181 g/mol. The van der Waals surface area contributed by atoms with E-state index in [1.54, 1.807) is 0 Å². The van der Waals surface area contributed by atoms with Gasteiger partial charge in [-0.3, -0.25) is 0 Å². The number of nitrogens with two attached hydrogens (primary N) is 1. The zero-order valence-electron chi connectivity index (χ0n) is 8.22. The van der Waals surface area contributed by atoms with Crippen LogP contribution in [0.25, 0.3) is 0 Å². The third-order valence-electron chi connectivity index (χ3n) is 2.13. The lowest BCUT2D eigenvalue weighted by Gasteiger charge is -2.08. The molecule has 3 heteroatoms. The summed E-state index contributed by atoms with van der Waals surface area (Å²) in [6, 6.07) is 4.13. The van der Waals surface area contributed by atoms with Crippen molar-refractivity contribution in [3.05, 3.63) is 24.0 Å². The Bertz CT molecular complexity index is 206. The highest BCUT2D eigenvalue weighted by Gasteiger charge is 1.97. The summed E-state index contributed by atoms with van der Waals surface area (Å²) >= 11 is 0. The van der Waals surface area contributed by atoms with Gasteiger partial charge in [0.05, 0.1) is 0 Å². The summed E-state index contributed by atoms with van der Waals surface area (Å²) in [5.41, 5.74) is 6.79. The fourth-order valence-corrected chi connectivity index (χ4v) is 1.18. The quantitative estimate of drug-likeness (QED) is 0.567. The zero-order chi connectivity index (χ0) is 9.52. The van der Waals surface area contributed by atoms with Crippen molar-refractivity contribution in [3.8, 4) is 0 Å². The Balaban J connectivity index is 2.02. The molecule has 1 aromatic heterocycles. The predicted molar refractivity (Wildman–Crippen MR) is 55.6 cm³/mol. The van der Waals surface area contributed by atoms with Crippen LogP contribution in [0.1, 0.15) is 12.6 Å². The second kappa shape index (κ2) is 5.78. The maximum Gasteiger partial charge on any atom is 0.0159 e. The summed E-state index contributed by atoms with van der Waals surface area (Å²) < 4.78 is 0. The van der Waals surface area contributed by atoms with Crippen molar-refractivity contribution in [2.24, 2.45) is 11.7 Å². The smallest absolute Gasteiger partial charge is 0.0159 e. The largest absolute Gasteiger partial charge is 0.365 e. The van der Waals surface area contributed by atoms with Gasteiger partial charge in [-0.05, 0) is 37.6 Å². The number of hydrogen-bond donors (Lipinski definition) is 3. The Morgan fingerprint density at radius 2 is 2.46 bits per heavy atom. The number of aromatic nitrogens is 1. The van der Waals surface area contributed by atoms with Crippen LogP contribution in [0.4, 0.5) is 0 Å². The van der Waals surface area contributed by atoms with Crippen molar-refractivity contribution in [2.45, 2.75) is 13.3 Å². The first-order valence-corrected chi connectivity index (χ1v) is 4.86. The first-order valence-electron chi connectivity index (χ1n) is 4.86. The van der Waals surface area contributed by atoms with E-state index in [1.807, 2.05) is 12.3 Å². The van der Waals surface area contributed by atoms with Gasteiger partial charge in [-0.15, -0.1) is 0 Å². The lowest BCUT2D eigenvalue weighted by molar-refractivity contribution is 0.523. The van der Waals surface area contributed by atoms with E-state index in [0.29, 0.717) is 5.92 Å². The molecule has 0 aliphatic heterocycles. The summed E-state index contributed by atoms with van der Waals surface area (Å²) in [4.78, 5) is 3.17. The van der Waals surface area contributed by atoms with Crippen molar-refractivity contribution >= 4 is 0 Å². The number of H-pyrrole nitrogens is 1. The molecule has 0 amide bonds. The number of hydrogen-bond acceptors (Lipinski definition) is 2. The van der Waals surface area contributed by atoms with Crippen LogP contribution in [-0.4, -0.2) is 24.6 Å². The van der Waals surface area contributed by atoms with E-state index < -0.39 is 0 Å². The van der Waals surface area contributed by atoms with Crippen LogP contribution in [0.15, 0.2) is 18.3 Å². The molecule has 13 heavy (non-hydrogen) atoms. The van der Waals surface area contributed by atoms with Crippen molar-refractivity contribution in [1.29, 1.82) is 0 Å². The summed E-state index contributed by atoms with van der Waals surface area (Å²) in [5, 5.41) is 3.37. The summed E-state index contributed by atoms with van der Waals surface area (Å²) in [5.74, 6) is 0.573. The van der Waals surface area contributed by atoms with Gasteiger partial charge in [-0.1, -0.05) is 6.92 Å². The summed E-state index contributed by atoms with van der Waals surface area (Å²) in [7, 11) is 0. The van der Waals surface area contributed by atoms with Crippen LogP contribution < -0.4 is 11.1 Å². The van der Waals surface area contributed by atoms with Gasteiger partial charge in [0.15, 0.2) is 0 Å². The van der Waals surface area contributed by atoms with Crippen LogP contribution in [0.3, 0.4) is 0 Å². The Morgan fingerprint density at radius 1 is 1.62 bits per heavy atom. The lowest BCUT2D eigenvalue weighted by atomic mass is 10.2. The molecule has 0 aliphatic carbocycles. The van der Waals surface area contributed by atoms with E-state index >= 15 is 0 Å². The molecule has 1 unspecified atom stereocenters. The Hall–Kier alpha value is -0.800. The van der Waals surface area contributed by atoms with Crippen molar-refractivity contribution in [2.75, 3.05) is 19.6 Å². The maximum absolute atomic E-state index is 5.50. The van der Waals surface area contributed by atoms with Gasteiger partial charge >= 0.3 is 0 Å². The predicted octanol–water partition coefficient (Wildman–Crippen LogP) is 0.742. The fraction of sp³-hybridized carbons (Fsp3) is 0.600. The van der Waals surface area contributed by atoms with Gasteiger partial charge in [-0.2, -0.15) is 0 Å². The van der Waals surface area contributed by atoms with Gasteiger partial charge in [0, 0.05) is 18.4 Å². The van der Waals surface area contributed by atoms with E-state index in [4.69, 9.17) is 5.73 Å². The SMILES string of the molecule is CC(CN)CNCCc1ccc[nH]1. The molecule has 0 radical (unpaired) electrons. The molecule has 0 aliphatic rings. The molecular formula is C10H19N3. The van der Waals surface area contributed by atoms with Crippen LogP contribution in [0.2, 0.25) is 0 Å². The maximum atomic E-state index is 5.50. The molecule has 1 atom stereocenters. The van der Waals surface area contributed by atoms with E-state index in [1.165, 1.54) is 5.69 Å². The molecule has 0 saturated heterocycles. The van der Waals surface area contributed by atoms with Crippen molar-refractivity contribution < 1.29 is 0 Å². The molecule has 3 nitrogen and oxygen atoms in total. The van der Waals surface area contributed by atoms with Gasteiger partial charge in [-0.25, -0.2) is 0 Å². The Morgan fingerprint density at radius 3 is 3.08 bits per heavy atom. The fourth-order valence-electron chi connectivity index (χ4n) is 1.18. The van der Waals surface area contributed by atoms with E-state index in [2.05, 4.69) is 23.3 Å². The Labute approximate surface area is 79.7 Å². The number of nitrogens with one attached hydrogen (secondary N) is 2. The van der Waals surface area contributed by atoms with E-state index in [0.717, 1.165) is 26.1 Å². The van der Waals surface area contributed by atoms with Crippen molar-refractivity contribution in [1.82, 2.24) is 10.3 Å². The molecule has 0 saturated carbocycles. The highest BCUT2D eigenvalue weighted by atomic mass is 14.9. The van der Waals surface area contributed by atoms with Crippen LogP contribution in [0, 0.1) is 5.92 Å². The highest BCUT2D eigenvalue weighted by Crippen LogP contribution is 1.94. The molecular weight excluding hydrogens is 162 g/mol. The molecule has 0 bridgehead atoms. The molecule has 0 fully saturated rings. The molecule has 1 heterocycles. The minimum Gasteiger partial charge on any atom is -0.365 e. The molecule has 4 N–H and O–H groups in total. The first-order chi connectivity index (χ1) is 6.33. The van der Waals surface area contributed by atoms with Gasteiger partial charge in [0.2, 0.25) is 0 Å². The van der Waals surface area contributed by atoms with Crippen molar-refractivity contribution in [3.63, 3.8) is 0 Å². The summed E-state index contributed by atoms with van der Waals surface area (Å²) in [6.07, 6.45) is 3.02.